The van der Waals surface area contributed by atoms with Gasteiger partial charge in [0.25, 0.3) is 5.91 Å². The molecule has 5 heteroatoms. The predicted molar refractivity (Wildman–Crippen MR) is 71.8 cm³/mol. The number of nitrogens with one attached hydrogen (secondary N) is 1. The molecule has 1 saturated carbocycles. The maximum absolute atomic E-state index is 12.0. The van der Waals surface area contributed by atoms with E-state index in [0.717, 1.165) is 19.3 Å². The van der Waals surface area contributed by atoms with E-state index >= 15 is 0 Å². The van der Waals surface area contributed by atoms with Crippen LogP contribution in [-0.4, -0.2) is 11.4 Å². The molecule has 4 nitrogen and oxygen atoms in total. The largest absolute Gasteiger partial charge is 0.440 e. The summed E-state index contributed by atoms with van der Waals surface area (Å²) in [6.45, 7) is 2.16. The molecule has 1 aliphatic carbocycles. The van der Waals surface area contributed by atoms with Gasteiger partial charge in [-0.05, 0) is 55.3 Å². The van der Waals surface area contributed by atoms with Crippen LogP contribution in [-0.2, 0) is 0 Å². The lowest BCUT2D eigenvalue weighted by Crippen LogP contribution is -2.49. The molecule has 1 N–H and O–H groups in total. The van der Waals surface area contributed by atoms with Gasteiger partial charge in [-0.15, -0.1) is 0 Å². The fourth-order valence-electron chi connectivity index (χ4n) is 2.56. The Hall–Kier alpha value is -1.47. The Balaban J connectivity index is 2.04. The highest BCUT2D eigenvalue weighted by molar-refractivity contribution is 6.29. The van der Waals surface area contributed by atoms with Gasteiger partial charge in [0.1, 0.15) is 5.54 Å². The molecule has 1 aromatic rings. The topological polar surface area (TPSA) is 66.0 Å². The van der Waals surface area contributed by atoms with E-state index in [1.165, 1.54) is 12.1 Å². The van der Waals surface area contributed by atoms with Crippen LogP contribution in [0.1, 0.15) is 49.6 Å². The van der Waals surface area contributed by atoms with Gasteiger partial charge in [0, 0.05) is 0 Å². The van der Waals surface area contributed by atoms with Gasteiger partial charge in [0.05, 0.1) is 6.07 Å². The van der Waals surface area contributed by atoms with Crippen molar-refractivity contribution in [2.24, 2.45) is 5.92 Å². The summed E-state index contributed by atoms with van der Waals surface area (Å²) in [4.78, 5) is 12.0. The van der Waals surface area contributed by atoms with Crippen LogP contribution in [0, 0.1) is 17.2 Å². The van der Waals surface area contributed by atoms with Crippen molar-refractivity contribution in [3.63, 3.8) is 0 Å². The van der Waals surface area contributed by atoms with Crippen LogP contribution in [0.4, 0.5) is 0 Å². The van der Waals surface area contributed by atoms with Crippen molar-refractivity contribution in [3.8, 4) is 6.07 Å². The first-order valence-electron chi connectivity index (χ1n) is 6.57. The van der Waals surface area contributed by atoms with Crippen molar-refractivity contribution in [2.75, 3.05) is 0 Å². The Kier molecular flexibility index (Phi) is 4.16. The molecule has 102 valence electrons. The zero-order valence-electron chi connectivity index (χ0n) is 10.9. The summed E-state index contributed by atoms with van der Waals surface area (Å²) in [5, 5.41) is 12.4. The zero-order valence-corrected chi connectivity index (χ0v) is 11.7. The minimum absolute atomic E-state index is 0.150. The molecule has 1 aromatic heterocycles. The zero-order chi connectivity index (χ0) is 13.9. The highest BCUT2D eigenvalue weighted by atomic mass is 35.5. The Morgan fingerprint density at radius 3 is 2.74 bits per heavy atom. The fourth-order valence-corrected chi connectivity index (χ4v) is 2.70. The van der Waals surface area contributed by atoms with Crippen LogP contribution in [0.25, 0.3) is 0 Å². The van der Waals surface area contributed by atoms with E-state index in [-0.39, 0.29) is 16.9 Å². The van der Waals surface area contributed by atoms with Gasteiger partial charge in [-0.2, -0.15) is 5.26 Å². The van der Waals surface area contributed by atoms with Gasteiger partial charge in [-0.3, -0.25) is 4.79 Å². The summed E-state index contributed by atoms with van der Waals surface area (Å²) >= 11 is 5.64. The van der Waals surface area contributed by atoms with Gasteiger partial charge in [-0.1, -0.05) is 13.3 Å². The van der Waals surface area contributed by atoms with Crippen molar-refractivity contribution in [1.29, 1.82) is 5.26 Å². The summed E-state index contributed by atoms with van der Waals surface area (Å²) in [6.07, 6.45) is 4.47. The minimum Gasteiger partial charge on any atom is -0.440 e. The first-order chi connectivity index (χ1) is 9.08. The van der Waals surface area contributed by atoms with Crippen molar-refractivity contribution in [3.05, 3.63) is 23.1 Å². The molecule has 0 radical (unpaired) electrons. The molecular weight excluding hydrogens is 264 g/mol. The molecule has 0 aliphatic heterocycles. The Morgan fingerprint density at radius 2 is 2.26 bits per heavy atom. The molecule has 0 aromatic carbocycles. The van der Waals surface area contributed by atoms with Gasteiger partial charge in [0.2, 0.25) is 0 Å². The van der Waals surface area contributed by atoms with Crippen LogP contribution >= 0.6 is 11.6 Å². The molecule has 1 amide bonds. The number of nitriles is 1. The number of nitrogens with zero attached hydrogens (tertiary/aromatic N) is 1. The van der Waals surface area contributed by atoms with E-state index in [1.807, 2.05) is 0 Å². The highest BCUT2D eigenvalue weighted by Crippen LogP contribution is 2.33. The Labute approximate surface area is 117 Å². The second kappa shape index (κ2) is 5.66. The predicted octanol–water partition coefficient (Wildman–Crippen LogP) is 3.53. The first kappa shape index (κ1) is 14.0. The van der Waals surface area contributed by atoms with Crippen LogP contribution in [0.3, 0.4) is 0 Å². The van der Waals surface area contributed by atoms with Crippen LogP contribution in [0.5, 0.6) is 0 Å². The second-order valence-electron chi connectivity index (χ2n) is 5.10. The molecule has 19 heavy (non-hydrogen) atoms. The van der Waals surface area contributed by atoms with Gasteiger partial charge in [0.15, 0.2) is 11.0 Å². The Morgan fingerprint density at radius 1 is 1.58 bits per heavy atom. The van der Waals surface area contributed by atoms with E-state index in [4.69, 9.17) is 16.0 Å². The molecule has 0 bridgehead atoms. The summed E-state index contributed by atoms with van der Waals surface area (Å²) < 4.78 is 5.06. The summed E-state index contributed by atoms with van der Waals surface area (Å²) in [6, 6.07) is 5.29. The average molecular weight is 281 g/mol. The molecule has 0 saturated heterocycles. The molecule has 0 unspecified atom stereocenters. The highest BCUT2D eigenvalue weighted by Gasteiger charge is 2.37. The third-order valence-electron chi connectivity index (χ3n) is 3.90. The molecule has 0 spiro atoms. The number of rotatable bonds is 3. The van der Waals surface area contributed by atoms with Gasteiger partial charge >= 0.3 is 0 Å². The number of amides is 1. The van der Waals surface area contributed by atoms with Crippen molar-refractivity contribution < 1.29 is 9.21 Å². The quantitative estimate of drug-likeness (QED) is 0.921. The third-order valence-corrected chi connectivity index (χ3v) is 4.10. The van der Waals surface area contributed by atoms with Crippen LogP contribution < -0.4 is 5.32 Å². The second-order valence-corrected chi connectivity index (χ2v) is 5.48. The normalized spacial score (nSPS) is 26.7. The number of hydrogen-bond donors (Lipinski definition) is 1. The molecular formula is C14H17ClN2O2. The Bertz CT molecular complexity index is 496. The van der Waals surface area contributed by atoms with Crippen LogP contribution in [0.2, 0.25) is 5.22 Å². The van der Waals surface area contributed by atoms with Gasteiger partial charge in [-0.25, -0.2) is 0 Å². The summed E-state index contributed by atoms with van der Waals surface area (Å²) in [5.74, 6) is 0.442. The number of halogens is 1. The molecule has 2 rings (SSSR count). The number of furan rings is 1. The van der Waals surface area contributed by atoms with E-state index in [1.54, 1.807) is 0 Å². The lowest BCUT2D eigenvalue weighted by atomic mass is 9.76. The molecule has 1 fully saturated rings. The number of carbonyl (C=O) groups excluding carboxylic acids is 1. The molecule has 0 atom stereocenters. The van der Waals surface area contributed by atoms with Crippen LogP contribution in [0.15, 0.2) is 16.5 Å². The van der Waals surface area contributed by atoms with E-state index < -0.39 is 5.54 Å². The van der Waals surface area contributed by atoms with Crippen molar-refractivity contribution >= 4 is 17.5 Å². The summed E-state index contributed by atoms with van der Waals surface area (Å²) in [7, 11) is 0. The monoisotopic (exact) mass is 280 g/mol. The third kappa shape index (κ3) is 3.10. The fraction of sp³-hybridized carbons (Fsp3) is 0.571. The van der Waals surface area contributed by atoms with Crippen molar-refractivity contribution in [1.82, 2.24) is 5.32 Å². The lowest BCUT2D eigenvalue weighted by molar-refractivity contribution is 0.0863. The van der Waals surface area contributed by atoms with E-state index in [2.05, 4.69) is 18.3 Å². The maximum Gasteiger partial charge on any atom is 0.288 e. The lowest BCUT2D eigenvalue weighted by Gasteiger charge is -2.35. The maximum atomic E-state index is 12.0. The molecule has 1 heterocycles. The average Bonchev–Trinajstić information content (AvgIpc) is 2.86. The number of carbonyl (C=O) groups is 1. The van der Waals surface area contributed by atoms with E-state index in [0.29, 0.717) is 18.8 Å². The van der Waals surface area contributed by atoms with Crippen molar-refractivity contribution in [2.45, 2.75) is 44.6 Å². The molecule has 1 aliphatic rings. The smallest absolute Gasteiger partial charge is 0.288 e. The first-order valence-corrected chi connectivity index (χ1v) is 6.95. The van der Waals surface area contributed by atoms with Gasteiger partial charge < -0.3 is 9.73 Å². The summed E-state index contributed by atoms with van der Waals surface area (Å²) in [5.41, 5.74) is -0.762. The standard InChI is InChI=1S/C14H17ClN2O2/c1-2-10-5-7-14(9-16,8-6-10)17-13(18)11-3-4-12(15)19-11/h3-4,10H,2,5-8H2,1H3,(H,17,18). The number of hydrogen-bond acceptors (Lipinski definition) is 3. The minimum atomic E-state index is -0.762. The van der Waals surface area contributed by atoms with E-state index in [9.17, 15) is 10.1 Å². The SMILES string of the molecule is CCC1CCC(C#N)(NC(=O)c2ccc(Cl)o2)CC1.